The van der Waals surface area contributed by atoms with Gasteiger partial charge in [0.2, 0.25) is 0 Å². The second-order valence-electron chi connectivity index (χ2n) is 8.04. The molecule has 0 spiro atoms. The smallest absolute Gasteiger partial charge is 0.295 e. The lowest BCUT2D eigenvalue weighted by molar-refractivity contribution is -0.140. The minimum absolute atomic E-state index is 0.122. The Hall–Kier alpha value is -3.16. The molecule has 168 valence electrons. The summed E-state index contributed by atoms with van der Waals surface area (Å²) in [4.78, 5) is 30.0. The minimum atomic E-state index is -0.659. The molecule has 2 aliphatic rings. The highest BCUT2D eigenvalue weighted by molar-refractivity contribution is 6.46. The van der Waals surface area contributed by atoms with Crippen molar-refractivity contribution >= 4 is 17.4 Å². The summed E-state index contributed by atoms with van der Waals surface area (Å²) in [6, 6.07) is 14.0. The normalized spacial score (nSPS) is 21.2. The number of ether oxygens (including phenoxy) is 2. The van der Waals surface area contributed by atoms with Gasteiger partial charge in [0.25, 0.3) is 11.7 Å². The number of aliphatic hydroxyl groups excluding tert-OH is 1. The number of Topliss-reactive ketones (excluding diaryl/α,β-unsaturated/α-hetero) is 1. The van der Waals surface area contributed by atoms with Crippen molar-refractivity contribution in [3.8, 4) is 5.75 Å². The summed E-state index contributed by atoms with van der Waals surface area (Å²) in [6.45, 7) is 5.79. The summed E-state index contributed by atoms with van der Waals surface area (Å²) in [7, 11) is 1.57. The molecule has 32 heavy (non-hydrogen) atoms. The molecule has 2 saturated heterocycles. The van der Waals surface area contributed by atoms with Gasteiger partial charge in [-0.3, -0.25) is 14.5 Å². The molecule has 7 heteroatoms. The van der Waals surface area contributed by atoms with E-state index in [1.54, 1.807) is 30.2 Å². The predicted molar refractivity (Wildman–Crippen MR) is 120 cm³/mol. The van der Waals surface area contributed by atoms with Crippen LogP contribution in [0.4, 0.5) is 0 Å². The van der Waals surface area contributed by atoms with Crippen LogP contribution >= 0.6 is 0 Å². The molecule has 0 bridgehead atoms. The van der Waals surface area contributed by atoms with Crippen LogP contribution in [0.5, 0.6) is 5.75 Å². The fourth-order valence-corrected chi connectivity index (χ4v) is 4.34. The highest BCUT2D eigenvalue weighted by Gasteiger charge is 2.46. The average molecular weight is 437 g/mol. The molecular formula is C25H28N2O5. The first-order valence-electron chi connectivity index (χ1n) is 10.8. The summed E-state index contributed by atoms with van der Waals surface area (Å²) in [5.41, 5.74) is 2.18. The van der Waals surface area contributed by atoms with Crippen molar-refractivity contribution in [3.63, 3.8) is 0 Å². The number of aliphatic hydroxyl groups is 1. The van der Waals surface area contributed by atoms with Crippen molar-refractivity contribution in [3.05, 3.63) is 70.8 Å². The lowest BCUT2D eigenvalue weighted by atomic mass is 9.94. The number of rotatable bonds is 6. The van der Waals surface area contributed by atoms with Gasteiger partial charge >= 0.3 is 0 Å². The van der Waals surface area contributed by atoms with Crippen LogP contribution in [0, 0.1) is 6.92 Å². The molecule has 1 atom stereocenters. The largest absolute Gasteiger partial charge is 0.507 e. The molecule has 1 amide bonds. The van der Waals surface area contributed by atoms with Gasteiger partial charge in [-0.05, 0) is 36.2 Å². The number of aryl methyl sites for hydroxylation is 1. The first-order chi connectivity index (χ1) is 15.5. The Labute approximate surface area is 187 Å². The summed E-state index contributed by atoms with van der Waals surface area (Å²) >= 11 is 0. The van der Waals surface area contributed by atoms with Gasteiger partial charge in [-0.1, -0.05) is 30.3 Å². The van der Waals surface area contributed by atoms with Crippen LogP contribution in [0.3, 0.4) is 0 Å². The van der Waals surface area contributed by atoms with Gasteiger partial charge in [-0.15, -0.1) is 0 Å². The van der Waals surface area contributed by atoms with E-state index >= 15 is 0 Å². The standard InChI is InChI=1S/C25H28N2O5/c1-17-16-19(31-2)8-9-20(17)23(28)21-22(18-6-4-3-5-7-18)27(25(30)24(21)29)11-10-26-12-14-32-15-13-26/h3-9,16,22,28H,10-15H2,1-2H3/b23-21+. The van der Waals surface area contributed by atoms with E-state index in [1.165, 1.54) is 0 Å². The van der Waals surface area contributed by atoms with Crippen LogP contribution in [0.25, 0.3) is 5.76 Å². The molecule has 0 aromatic heterocycles. The molecule has 2 aromatic carbocycles. The van der Waals surface area contributed by atoms with Crippen molar-refractivity contribution in [1.29, 1.82) is 0 Å². The summed E-state index contributed by atoms with van der Waals surface area (Å²) in [6.07, 6.45) is 0. The van der Waals surface area contributed by atoms with Crippen LogP contribution in [-0.4, -0.2) is 73.1 Å². The fraction of sp³-hybridized carbons (Fsp3) is 0.360. The van der Waals surface area contributed by atoms with E-state index in [0.717, 1.165) is 24.2 Å². The van der Waals surface area contributed by atoms with E-state index in [-0.39, 0.29) is 11.3 Å². The van der Waals surface area contributed by atoms with E-state index in [4.69, 9.17) is 9.47 Å². The number of amides is 1. The van der Waals surface area contributed by atoms with Crippen LogP contribution in [0.15, 0.2) is 54.1 Å². The van der Waals surface area contributed by atoms with E-state index in [0.29, 0.717) is 37.6 Å². The van der Waals surface area contributed by atoms with Gasteiger partial charge < -0.3 is 19.5 Å². The molecule has 7 nitrogen and oxygen atoms in total. The van der Waals surface area contributed by atoms with Gasteiger partial charge in [-0.25, -0.2) is 0 Å². The van der Waals surface area contributed by atoms with Gasteiger partial charge in [0, 0.05) is 31.7 Å². The van der Waals surface area contributed by atoms with E-state index < -0.39 is 17.7 Å². The number of hydrogen-bond donors (Lipinski definition) is 1. The molecule has 2 aliphatic heterocycles. The molecule has 0 aliphatic carbocycles. The molecular weight excluding hydrogens is 408 g/mol. The van der Waals surface area contributed by atoms with Gasteiger partial charge in [-0.2, -0.15) is 0 Å². The molecule has 1 unspecified atom stereocenters. The Morgan fingerprint density at radius 1 is 1.09 bits per heavy atom. The van der Waals surface area contributed by atoms with E-state index in [2.05, 4.69) is 4.90 Å². The minimum Gasteiger partial charge on any atom is -0.507 e. The molecule has 2 aromatic rings. The van der Waals surface area contributed by atoms with E-state index in [9.17, 15) is 14.7 Å². The molecule has 1 N–H and O–H groups in total. The first kappa shape index (κ1) is 22.0. The van der Waals surface area contributed by atoms with Crippen molar-refractivity contribution < 1.29 is 24.2 Å². The average Bonchev–Trinajstić information content (AvgIpc) is 3.08. The maximum absolute atomic E-state index is 13.1. The summed E-state index contributed by atoms with van der Waals surface area (Å²) in [5, 5.41) is 11.2. The third-order valence-electron chi connectivity index (χ3n) is 6.10. The number of methoxy groups -OCH3 is 1. The van der Waals surface area contributed by atoms with Crippen molar-refractivity contribution in [2.24, 2.45) is 0 Å². The molecule has 0 saturated carbocycles. The van der Waals surface area contributed by atoms with Gasteiger partial charge in [0.1, 0.15) is 11.5 Å². The number of carbonyl (C=O) groups is 2. The highest BCUT2D eigenvalue weighted by Crippen LogP contribution is 2.40. The molecule has 0 radical (unpaired) electrons. The monoisotopic (exact) mass is 436 g/mol. The zero-order valence-corrected chi connectivity index (χ0v) is 18.4. The lowest BCUT2D eigenvalue weighted by Crippen LogP contribution is -2.42. The number of nitrogens with zero attached hydrogens (tertiary/aromatic N) is 2. The summed E-state index contributed by atoms with van der Waals surface area (Å²) < 4.78 is 10.6. The maximum atomic E-state index is 13.1. The predicted octanol–water partition coefficient (Wildman–Crippen LogP) is 2.76. The SMILES string of the molecule is COc1ccc(/C(O)=C2\C(=O)C(=O)N(CCN3CCOCC3)C2c2ccccc2)c(C)c1. The quantitative estimate of drug-likeness (QED) is 0.426. The van der Waals surface area contributed by atoms with Crippen LogP contribution in [0.1, 0.15) is 22.7 Å². The Kier molecular flexibility index (Phi) is 6.58. The van der Waals surface area contributed by atoms with Crippen LogP contribution < -0.4 is 4.74 Å². The maximum Gasteiger partial charge on any atom is 0.295 e. The lowest BCUT2D eigenvalue weighted by Gasteiger charge is -2.31. The number of carbonyl (C=O) groups excluding carboxylic acids is 2. The van der Waals surface area contributed by atoms with E-state index in [1.807, 2.05) is 37.3 Å². The number of hydrogen-bond acceptors (Lipinski definition) is 6. The first-order valence-corrected chi connectivity index (χ1v) is 10.8. The zero-order valence-electron chi connectivity index (χ0n) is 18.4. The Bertz CT molecular complexity index is 1030. The second kappa shape index (κ2) is 9.54. The topological polar surface area (TPSA) is 79.3 Å². The van der Waals surface area contributed by atoms with Crippen molar-refractivity contribution in [1.82, 2.24) is 9.80 Å². The number of likely N-dealkylation sites (tertiary alicyclic amines) is 1. The molecule has 4 rings (SSSR count). The third-order valence-corrected chi connectivity index (χ3v) is 6.10. The third kappa shape index (κ3) is 4.26. The Morgan fingerprint density at radius 3 is 2.47 bits per heavy atom. The Balaban J connectivity index is 1.73. The van der Waals surface area contributed by atoms with Crippen molar-refractivity contribution in [2.45, 2.75) is 13.0 Å². The fourth-order valence-electron chi connectivity index (χ4n) is 4.34. The van der Waals surface area contributed by atoms with Crippen LogP contribution in [0.2, 0.25) is 0 Å². The second-order valence-corrected chi connectivity index (χ2v) is 8.04. The molecule has 2 heterocycles. The zero-order chi connectivity index (χ0) is 22.7. The van der Waals surface area contributed by atoms with Crippen LogP contribution in [-0.2, 0) is 14.3 Å². The van der Waals surface area contributed by atoms with Crippen molar-refractivity contribution in [2.75, 3.05) is 46.5 Å². The number of benzene rings is 2. The van der Waals surface area contributed by atoms with Gasteiger partial charge in [0.05, 0.1) is 31.9 Å². The summed E-state index contributed by atoms with van der Waals surface area (Å²) in [5.74, 6) is -0.746. The number of ketones is 1. The van der Waals surface area contributed by atoms with Gasteiger partial charge in [0.15, 0.2) is 0 Å². The Morgan fingerprint density at radius 2 is 1.81 bits per heavy atom. The number of morpholine rings is 1. The molecule has 2 fully saturated rings. The highest BCUT2D eigenvalue weighted by atomic mass is 16.5.